The quantitative estimate of drug-likeness (QED) is 0.840. The number of rotatable bonds is 5. The molecule has 9 heteroatoms. The van der Waals surface area contributed by atoms with E-state index < -0.39 is 15.8 Å². The number of anilines is 2. The first-order valence-electron chi connectivity index (χ1n) is 5.96. The summed E-state index contributed by atoms with van der Waals surface area (Å²) in [6, 6.07) is 3.65. The average molecular weight is 375 g/mol. The largest absolute Gasteiger partial charge is 0.355 e. The number of hydrogen-bond acceptors (Lipinski definition) is 5. The Morgan fingerprint density at radius 1 is 1.29 bits per heavy atom. The molecule has 0 amide bonds. The molecule has 2 rings (SSSR count). The second-order valence-corrected chi connectivity index (χ2v) is 6.54. The highest BCUT2D eigenvalue weighted by molar-refractivity contribution is 9.10. The predicted molar refractivity (Wildman–Crippen MR) is 81.1 cm³/mol. The van der Waals surface area contributed by atoms with Gasteiger partial charge in [0.1, 0.15) is 10.7 Å². The van der Waals surface area contributed by atoms with Gasteiger partial charge in [-0.3, -0.25) is 4.72 Å². The van der Waals surface area contributed by atoms with E-state index >= 15 is 0 Å². The van der Waals surface area contributed by atoms with Crippen molar-refractivity contribution in [3.05, 3.63) is 40.9 Å². The fraction of sp³-hybridized carbons (Fsp3) is 0.167. The monoisotopic (exact) mass is 374 g/mol. The standard InChI is InChI=1S/C12H12BrFN4O2S/c1-2-15-12-16-6-9(7-17-12)21(19,20)18-11-4-3-8(14)5-10(11)13/h3-7,18H,2H2,1H3,(H,15,16,17). The zero-order valence-corrected chi connectivity index (χ0v) is 13.4. The van der Waals surface area contributed by atoms with Gasteiger partial charge < -0.3 is 5.32 Å². The summed E-state index contributed by atoms with van der Waals surface area (Å²) in [5.74, 6) is -0.123. The van der Waals surface area contributed by atoms with Gasteiger partial charge in [0, 0.05) is 11.0 Å². The highest BCUT2D eigenvalue weighted by Gasteiger charge is 2.17. The average Bonchev–Trinajstić information content (AvgIpc) is 2.43. The molecular formula is C12H12BrFN4O2S. The number of hydrogen-bond donors (Lipinski definition) is 2. The topological polar surface area (TPSA) is 84.0 Å². The zero-order valence-electron chi connectivity index (χ0n) is 11.0. The third kappa shape index (κ3) is 3.88. The first-order chi connectivity index (χ1) is 9.92. The number of nitrogens with one attached hydrogen (secondary N) is 2. The molecule has 2 aromatic rings. The number of halogens is 2. The fourth-order valence-corrected chi connectivity index (χ4v) is 3.03. The maximum absolute atomic E-state index is 13.0. The van der Waals surface area contributed by atoms with Crippen LogP contribution in [0, 0.1) is 5.82 Å². The molecule has 0 saturated heterocycles. The molecule has 1 aromatic heterocycles. The van der Waals surface area contributed by atoms with E-state index in [9.17, 15) is 12.8 Å². The van der Waals surface area contributed by atoms with Crippen molar-refractivity contribution in [2.75, 3.05) is 16.6 Å². The van der Waals surface area contributed by atoms with Gasteiger partial charge in [0.25, 0.3) is 10.0 Å². The Balaban J connectivity index is 2.25. The summed E-state index contributed by atoms with van der Waals surface area (Å²) in [6.07, 6.45) is 2.40. The minimum Gasteiger partial charge on any atom is -0.355 e. The normalized spacial score (nSPS) is 11.2. The molecule has 0 aliphatic rings. The molecule has 0 fully saturated rings. The highest BCUT2D eigenvalue weighted by atomic mass is 79.9. The first-order valence-corrected chi connectivity index (χ1v) is 8.24. The van der Waals surface area contributed by atoms with Crippen LogP contribution in [0.4, 0.5) is 16.0 Å². The lowest BCUT2D eigenvalue weighted by Crippen LogP contribution is -2.14. The Bertz CT molecular complexity index is 737. The van der Waals surface area contributed by atoms with E-state index in [-0.39, 0.29) is 10.6 Å². The fourth-order valence-electron chi connectivity index (χ4n) is 1.48. The molecule has 6 nitrogen and oxygen atoms in total. The van der Waals surface area contributed by atoms with Crippen molar-refractivity contribution in [2.45, 2.75) is 11.8 Å². The molecule has 0 atom stereocenters. The van der Waals surface area contributed by atoms with E-state index in [0.29, 0.717) is 17.0 Å². The summed E-state index contributed by atoms with van der Waals surface area (Å²) in [5, 5.41) is 2.86. The van der Waals surface area contributed by atoms with Crippen LogP contribution >= 0.6 is 15.9 Å². The molecular weight excluding hydrogens is 363 g/mol. The molecule has 0 radical (unpaired) electrons. The Hall–Kier alpha value is -1.74. The van der Waals surface area contributed by atoms with E-state index in [0.717, 1.165) is 6.07 Å². The van der Waals surface area contributed by atoms with Gasteiger partial charge in [0.05, 0.1) is 18.1 Å². The lowest BCUT2D eigenvalue weighted by molar-refractivity contribution is 0.600. The summed E-state index contributed by atoms with van der Waals surface area (Å²) < 4.78 is 40.0. The van der Waals surface area contributed by atoms with Crippen LogP contribution in [0.3, 0.4) is 0 Å². The molecule has 1 heterocycles. The Morgan fingerprint density at radius 2 is 1.95 bits per heavy atom. The first kappa shape index (κ1) is 15.6. The van der Waals surface area contributed by atoms with Gasteiger partial charge in [-0.2, -0.15) is 0 Å². The van der Waals surface area contributed by atoms with Crippen LogP contribution < -0.4 is 10.0 Å². The maximum atomic E-state index is 13.0. The predicted octanol–water partition coefficient (Wildman–Crippen LogP) is 2.61. The van der Waals surface area contributed by atoms with Crippen molar-refractivity contribution < 1.29 is 12.8 Å². The summed E-state index contributed by atoms with van der Waals surface area (Å²) >= 11 is 3.10. The third-order valence-corrected chi connectivity index (χ3v) is 4.42. The van der Waals surface area contributed by atoms with Crippen LogP contribution in [0.15, 0.2) is 40.0 Å². The van der Waals surface area contributed by atoms with Crippen molar-refractivity contribution >= 4 is 37.6 Å². The van der Waals surface area contributed by atoms with E-state index in [4.69, 9.17) is 0 Å². The van der Waals surface area contributed by atoms with Crippen LogP contribution in [0.25, 0.3) is 0 Å². The lowest BCUT2D eigenvalue weighted by Gasteiger charge is -2.09. The lowest BCUT2D eigenvalue weighted by atomic mass is 10.3. The van der Waals surface area contributed by atoms with E-state index in [1.165, 1.54) is 24.5 Å². The number of sulfonamides is 1. The Labute approximate surface area is 130 Å². The molecule has 0 aliphatic carbocycles. The van der Waals surface area contributed by atoms with Gasteiger partial charge in [-0.25, -0.2) is 22.8 Å². The second-order valence-electron chi connectivity index (χ2n) is 4.00. The van der Waals surface area contributed by atoms with Crippen LogP contribution in [0.2, 0.25) is 0 Å². The molecule has 0 aliphatic heterocycles. The SMILES string of the molecule is CCNc1ncc(S(=O)(=O)Nc2ccc(F)cc2Br)cn1. The smallest absolute Gasteiger partial charge is 0.265 e. The summed E-state index contributed by atoms with van der Waals surface area (Å²) in [7, 11) is -3.84. The second kappa shape index (κ2) is 6.35. The molecule has 112 valence electrons. The van der Waals surface area contributed by atoms with Gasteiger partial charge in [-0.15, -0.1) is 0 Å². The van der Waals surface area contributed by atoms with Crippen molar-refractivity contribution in [1.29, 1.82) is 0 Å². The Morgan fingerprint density at radius 3 is 2.52 bits per heavy atom. The third-order valence-electron chi connectivity index (χ3n) is 2.45. The van der Waals surface area contributed by atoms with Gasteiger partial charge in [0.15, 0.2) is 0 Å². The van der Waals surface area contributed by atoms with Crippen LogP contribution in [-0.2, 0) is 10.0 Å². The maximum Gasteiger partial charge on any atom is 0.265 e. The van der Waals surface area contributed by atoms with Crippen molar-refractivity contribution in [1.82, 2.24) is 9.97 Å². The highest BCUT2D eigenvalue weighted by Crippen LogP contribution is 2.25. The van der Waals surface area contributed by atoms with E-state index in [1.807, 2.05) is 6.92 Å². The minimum absolute atomic E-state index is 0.0830. The molecule has 0 saturated carbocycles. The minimum atomic E-state index is -3.84. The van der Waals surface area contributed by atoms with Crippen LogP contribution in [0.5, 0.6) is 0 Å². The summed E-state index contributed by atoms with van der Waals surface area (Å²) in [6.45, 7) is 2.51. The Kier molecular flexibility index (Phi) is 4.73. The van der Waals surface area contributed by atoms with Crippen molar-refractivity contribution in [3.8, 4) is 0 Å². The van der Waals surface area contributed by atoms with Crippen LogP contribution in [0.1, 0.15) is 6.92 Å². The molecule has 2 N–H and O–H groups in total. The molecule has 0 bridgehead atoms. The van der Waals surface area contributed by atoms with Gasteiger partial charge >= 0.3 is 0 Å². The molecule has 21 heavy (non-hydrogen) atoms. The van der Waals surface area contributed by atoms with Gasteiger partial charge in [0.2, 0.25) is 5.95 Å². The summed E-state index contributed by atoms with van der Waals surface area (Å²) in [4.78, 5) is 7.72. The van der Waals surface area contributed by atoms with Gasteiger partial charge in [-0.1, -0.05) is 0 Å². The number of benzene rings is 1. The van der Waals surface area contributed by atoms with E-state index in [2.05, 4.69) is 35.9 Å². The van der Waals surface area contributed by atoms with Crippen LogP contribution in [-0.4, -0.2) is 24.9 Å². The molecule has 1 aromatic carbocycles. The number of aromatic nitrogens is 2. The van der Waals surface area contributed by atoms with Crippen molar-refractivity contribution in [3.63, 3.8) is 0 Å². The summed E-state index contributed by atoms with van der Waals surface area (Å²) in [5.41, 5.74) is 0.229. The zero-order chi connectivity index (χ0) is 15.5. The molecule has 0 spiro atoms. The van der Waals surface area contributed by atoms with Crippen molar-refractivity contribution in [2.24, 2.45) is 0 Å². The van der Waals surface area contributed by atoms with Gasteiger partial charge in [-0.05, 0) is 41.1 Å². The number of nitrogens with zero attached hydrogens (tertiary/aromatic N) is 2. The molecule has 0 unspecified atom stereocenters. The van der Waals surface area contributed by atoms with E-state index in [1.54, 1.807) is 0 Å².